The average molecular weight is 233 g/mol. The van der Waals surface area contributed by atoms with Crippen molar-refractivity contribution in [3.8, 4) is 11.8 Å². The lowest BCUT2D eigenvalue weighted by Gasteiger charge is -2.15. The van der Waals surface area contributed by atoms with E-state index in [2.05, 4.69) is 6.07 Å². The molecule has 1 N–H and O–H groups in total. The molecule has 0 aromatic heterocycles. The normalized spacial score (nSPS) is 10.9. The van der Waals surface area contributed by atoms with Crippen molar-refractivity contribution in [2.75, 3.05) is 13.2 Å². The van der Waals surface area contributed by atoms with Gasteiger partial charge in [-0.1, -0.05) is 12.1 Å². The summed E-state index contributed by atoms with van der Waals surface area (Å²) >= 11 is 0. The van der Waals surface area contributed by atoms with E-state index in [-0.39, 0.29) is 12.0 Å². The number of hydrogen-bond donors (Lipinski definition) is 1. The van der Waals surface area contributed by atoms with E-state index in [1.165, 1.54) is 0 Å². The molecule has 0 saturated heterocycles. The van der Waals surface area contributed by atoms with Crippen molar-refractivity contribution in [2.24, 2.45) is 5.41 Å². The Labute approximate surface area is 103 Å². The van der Waals surface area contributed by atoms with Gasteiger partial charge in [0.15, 0.2) is 0 Å². The summed E-state index contributed by atoms with van der Waals surface area (Å²) in [6, 6.07) is 9.92. The number of ether oxygens (including phenoxy) is 1. The monoisotopic (exact) mass is 233 g/mol. The number of nitrogens with zero attached hydrogens (tertiary/aromatic N) is 1. The Morgan fingerprint density at radius 3 is 2.47 bits per heavy atom. The van der Waals surface area contributed by atoms with Gasteiger partial charge in [-0.3, -0.25) is 0 Å². The highest BCUT2D eigenvalue weighted by atomic mass is 16.5. The molecule has 17 heavy (non-hydrogen) atoms. The first kappa shape index (κ1) is 13.5. The van der Waals surface area contributed by atoms with Crippen molar-refractivity contribution in [3.63, 3.8) is 0 Å². The standard InChI is InChI=1S/C14H19NO2/c1-14(2,11-15)8-10-17-13-5-3-12(4-6-13)7-9-16/h3-6,16H,7-10H2,1-2H3. The molecule has 0 unspecified atom stereocenters. The summed E-state index contributed by atoms with van der Waals surface area (Å²) in [7, 11) is 0. The van der Waals surface area contributed by atoms with Gasteiger partial charge in [-0.05, 0) is 44.4 Å². The molecule has 0 saturated carbocycles. The molecular weight excluding hydrogens is 214 g/mol. The summed E-state index contributed by atoms with van der Waals surface area (Å²) in [5.74, 6) is 0.806. The van der Waals surface area contributed by atoms with E-state index in [4.69, 9.17) is 15.1 Å². The van der Waals surface area contributed by atoms with Crippen LogP contribution in [0, 0.1) is 16.7 Å². The molecule has 0 aliphatic rings. The summed E-state index contributed by atoms with van der Waals surface area (Å²) in [6.07, 6.45) is 1.38. The number of aliphatic hydroxyl groups is 1. The molecule has 1 aromatic carbocycles. The van der Waals surface area contributed by atoms with Gasteiger partial charge < -0.3 is 9.84 Å². The van der Waals surface area contributed by atoms with Crippen molar-refractivity contribution in [1.82, 2.24) is 0 Å². The van der Waals surface area contributed by atoms with Crippen LogP contribution in [0.15, 0.2) is 24.3 Å². The maximum absolute atomic E-state index is 8.86. The SMILES string of the molecule is CC(C)(C#N)CCOc1ccc(CCO)cc1. The van der Waals surface area contributed by atoms with Crippen molar-refractivity contribution < 1.29 is 9.84 Å². The van der Waals surface area contributed by atoms with Gasteiger partial charge in [-0.15, -0.1) is 0 Å². The summed E-state index contributed by atoms with van der Waals surface area (Å²) < 4.78 is 5.56. The van der Waals surface area contributed by atoms with E-state index in [9.17, 15) is 0 Å². The first-order chi connectivity index (χ1) is 8.07. The van der Waals surface area contributed by atoms with E-state index in [0.29, 0.717) is 19.4 Å². The van der Waals surface area contributed by atoms with Crippen LogP contribution in [0.3, 0.4) is 0 Å². The Kier molecular flexibility index (Phi) is 4.99. The molecule has 0 aliphatic carbocycles. The van der Waals surface area contributed by atoms with Crippen molar-refractivity contribution in [3.05, 3.63) is 29.8 Å². The third-order valence-electron chi connectivity index (χ3n) is 2.62. The molecule has 0 fully saturated rings. The molecule has 0 atom stereocenters. The highest BCUT2D eigenvalue weighted by molar-refractivity contribution is 5.27. The predicted molar refractivity (Wildman–Crippen MR) is 66.7 cm³/mol. The summed E-state index contributed by atoms with van der Waals surface area (Å²) in [5, 5.41) is 17.6. The van der Waals surface area contributed by atoms with Crippen LogP contribution in [0.25, 0.3) is 0 Å². The van der Waals surface area contributed by atoms with E-state index >= 15 is 0 Å². The summed E-state index contributed by atoms with van der Waals surface area (Å²) in [5.41, 5.74) is 0.758. The third kappa shape index (κ3) is 4.88. The maximum Gasteiger partial charge on any atom is 0.119 e. The maximum atomic E-state index is 8.86. The lowest BCUT2D eigenvalue weighted by atomic mass is 9.92. The van der Waals surface area contributed by atoms with Gasteiger partial charge in [0.25, 0.3) is 0 Å². The summed E-state index contributed by atoms with van der Waals surface area (Å²) in [6.45, 7) is 4.51. The lowest BCUT2D eigenvalue weighted by Crippen LogP contribution is -2.13. The van der Waals surface area contributed by atoms with Gasteiger partial charge in [-0.2, -0.15) is 5.26 Å². The molecule has 0 aliphatic heterocycles. The number of benzene rings is 1. The van der Waals surface area contributed by atoms with E-state index < -0.39 is 0 Å². The van der Waals surface area contributed by atoms with Gasteiger partial charge >= 0.3 is 0 Å². The zero-order chi connectivity index (χ0) is 12.7. The number of aliphatic hydroxyl groups excluding tert-OH is 1. The van der Waals surface area contributed by atoms with Crippen LogP contribution in [0.2, 0.25) is 0 Å². The second-order valence-corrected chi connectivity index (χ2v) is 4.71. The molecule has 0 spiro atoms. The molecule has 0 bridgehead atoms. The van der Waals surface area contributed by atoms with Gasteiger partial charge in [0.2, 0.25) is 0 Å². The third-order valence-corrected chi connectivity index (χ3v) is 2.62. The second-order valence-electron chi connectivity index (χ2n) is 4.71. The van der Waals surface area contributed by atoms with Crippen LogP contribution in [-0.2, 0) is 6.42 Å². The molecule has 0 radical (unpaired) electrons. The van der Waals surface area contributed by atoms with Crippen molar-refractivity contribution in [1.29, 1.82) is 5.26 Å². The quantitative estimate of drug-likeness (QED) is 0.821. The molecule has 1 aromatic rings. The first-order valence-corrected chi connectivity index (χ1v) is 5.81. The molecule has 0 heterocycles. The minimum Gasteiger partial charge on any atom is -0.494 e. The molecule has 0 amide bonds. The topological polar surface area (TPSA) is 53.2 Å². The number of nitriles is 1. The van der Waals surface area contributed by atoms with Gasteiger partial charge in [0, 0.05) is 6.61 Å². The van der Waals surface area contributed by atoms with Gasteiger partial charge in [0.1, 0.15) is 5.75 Å². The fraction of sp³-hybridized carbons (Fsp3) is 0.500. The fourth-order valence-electron chi connectivity index (χ4n) is 1.36. The molecule has 3 nitrogen and oxygen atoms in total. The minimum atomic E-state index is -0.336. The average Bonchev–Trinajstić information content (AvgIpc) is 2.32. The number of rotatable bonds is 6. The first-order valence-electron chi connectivity index (χ1n) is 5.81. The Morgan fingerprint density at radius 2 is 1.94 bits per heavy atom. The molecule has 1 rings (SSSR count). The molecular formula is C14H19NO2. The minimum absolute atomic E-state index is 0.163. The highest BCUT2D eigenvalue weighted by Gasteiger charge is 2.16. The Morgan fingerprint density at radius 1 is 1.29 bits per heavy atom. The second kappa shape index (κ2) is 6.27. The highest BCUT2D eigenvalue weighted by Crippen LogP contribution is 2.20. The van der Waals surface area contributed by atoms with Crippen LogP contribution in [-0.4, -0.2) is 18.3 Å². The van der Waals surface area contributed by atoms with Crippen LogP contribution in [0.4, 0.5) is 0 Å². The van der Waals surface area contributed by atoms with Crippen LogP contribution in [0.1, 0.15) is 25.8 Å². The van der Waals surface area contributed by atoms with Crippen LogP contribution >= 0.6 is 0 Å². The van der Waals surface area contributed by atoms with E-state index in [1.807, 2.05) is 38.1 Å². The zero-order valence-electron chi connectivity index (χ0n) is 10.4. The van der Waals surface area contributed by atoms with Crippen LogP contribution in [0.5, 0.6) is 5.75 Å². The Balaban J connectivity index is 2.40. The smallest absolute Gasteiger partial charge is 0.119 e. The van der Waals surface area contributed by atoms with Crippen molar-refractivity contribution >= 4 is 0 Å². The predicted octanol–water partition coefficient (Wildman–Crippen LogP) is 2.54. The van der Waals surface area contributed by atoms with Crippen LogP contribution < -0.4 is 4.74 Å². The van der Waals surface area contributed by atoms with E-state index in [0.717, 1.165) is 11.3 Å². The fourth-order valence-corrected chi connectivity index (χ4v) is 1.36. The molecule has 92 valence electrons. The Hall–Kier alpha value is -1.53. The van der Waals surface area contributed by atoms with Crippen molar-refractivity contribution in [2.45, 2.75) is 26.7 Å². The Bertz CT molecular complexity index is 376. The van der Waals surface area contributed by atoms with Gasteiger partial charge in [0.05, 0.1) is 18.1 Å². The summed E-state index contributed by atoms with van der Waals surface area (Å²) in [4.78, 5) is 0. The van der Waals surface area contributed by atoms with E-state index in [1.54, 1.807) is 0 Å². The zero-order valence-corrected chi connectivity index (χ0v) is 10.4. The largest absolute Gasteiger partial charge is 0.494 e. The van der Waals surface area contributed by atoms with Gasteiger partial charge in [-0.25, -0.2) is 0 Å². The lowest BCUT2D eigenvalue weighted by molar-refractivity contribution is 0.264. The molecule has 3 heteroatoms. The number of hydrogen-bond acceptors (Lipinski definition) is 3.